The topological polar surface area (TPSA) is 194 Å². The predicted molar refractivity (Wildman–Crippen MR) is 92.3 cm³/mol. The molecule has 0 spiro atoms. The maximum absolute atomic E-state index is 12.0. The van der Waals surface area contributed by atoms with Gasteiger partial charge in [0.25, 0.3) is 5.69 Å². The van der Waals surface area contributed by atoms with E-state index in [1.165, 1.54) is 28.9 Å². The van der Waals surface area contributed by atoms with E-state index in [4.69, 9.17) is 5.73 Å². The van der Waals surface area contributed by atoms with Crippen molar-refractivity contribution in [2.24, 2.45) is 5.10 Å². The quantitative estimate of drug-likeness (QED) is 0.259. The molecule has 0 fully saturated rings. The van der Waals surface area contributed by atoms with E-state index in [2.05, 4.69) is 30.6 Å². The van der Waals surface area contributed by atoms with Gasteiger partial charge in [-0.15, -0.1) is 5.10 Å². The third-order valence-corrected chi connectivity index (χ3v) is 3.72. The van der Waals surface area contributed by atoms with E-state index >= 15 is 0 Å². The first-order valence-electron chi connectivity index (χ1n) is 7.67. The molecule has 0 unspecified atom stereocenters. The van der Waals surface area contributed by atoms with Crippen molar-refractivity contribution in [1.29, 1.82) is 0 Å². The van der Waals surface area contributed by atoms with Crippen molar-refractivity contribution in [3.05, 3.63) is 56.7 Å². The maximum atomic E-state index is 12.0. The molecule has 3 rings (SSSR count). The molecule has 0 saturated carbocycles. The molecule has 0 bridgehead atoms. The number of nitrogens with one attached hydrogen (secondary N) is 1. The van der Waals surface area contributed by atoms with Crippen LogP contribution in [0.5, 0.6) is 0 Å². The Bertz CT molecular complexity index is 1060. The summed E-state index contributed by atoms with van der Waals surface area (Å²) in [6.07, 6.45) is 0. The molecule has 1 aromatic carbocycles. The lowest BCUT2D eigenvalue weighted by molar-refractivity contribution is -0.803. The van der Waals surface area contributed by atoms with Gasteiger partial charge in [-0.3, -0.25) is 19.5 Å². The summed E-state index contributed by atoms with van der Waals surface area (Å²) in [6.45, 7) is 3.28. The molecule has 0 atom stereocenters. The summed E-state index contributed by atoms with van der Waals surface area (Å²) < 4.78 is 5.67. The van der Waals surface area contributed by atoms with Crippen LogP contribution in [0.3, 0.4) is 0 Å². The molecule has 144 valence electrons. The Morgan fingerprint density at radius 2 is 2.07 bits per heavy atom. The summed E-state index contributed by atoms with van der Waals surface area (Å²) in [5, 5.41) is 37.1. The lowest BCUT2D eigenvalue weighted by Gasteiger charge is -2.03. The summed E-state index contributed by atoms with van der Waals surface area (Å²) >= 11 is 0. The van der Waals surface area contributed by atoms with Gasteiger partial charge in [-0.25, -0.2) is 10.1 Å². The Balaban J connectivity index is 1.81. The minimum Gasteiger partial charge on any atom is -0.359 e. The van der Waals surface area contributed by atoms with E-state index in [0.717, 1.165) is 0 Å². The van der Waals surface area contributed by atoms with Crippen LogP contribution in [-0.2, 0) is 0 Å². The highest BCUT2D eigenvalue weighted by atomic mass is 16.8. The fourth-order valence-corrected chi connectivity index (χ4v) is 2.32. The third kappa shape index (κ3) is 3.33. The zero-order valence-electron chi connectivity index (χ0n) is 14.6. The number of aromatic nitrogens is 5. The molecule has 3 N–H and O–H groups in total. The fourth-order valence-electron chi connectivity index (χ4n) is 2.32. The summed E-state index contributed by atoms with van der Waals surface area (Å²) in [5.41, 5.74) is 8.76. The Morgan fingerprint density at radius 3 is 2.64 bits per heavy atom. The van der Waals surface area contributed by atoms with Gasteiger partial charge < -0.3 is 10.9 Å². The van der Waals surface area contributed by atoms with Gasteiger partial charge in [-0.05, 0) is 30.9 Å². The number of nitrogens with two attached hydrogens (primary N) is 1. The molecule has 0 aliphatic heterocycles. The van der Waals surface area contributed by atoms with Crippen LogP contribution in [0.15, 0.2) is 34.0 Å². The number of non-ortho nitro benzene ring substituents is 1. The molecular formula is C14H13N9O5. The maximum Gasteiger partial charge on any atom is 0.322 e. The molecule has 14 nitrogen and oxygen atoms in total. The van der Waals surface area contributed by atoms with Crippen LogP contribution in [0.1, 0.15) is 28.8 Å². The number of hydrogen-bond donors (Lipinski definition) is 2. The Labute approximate surface area is 155 Å². The standard InChI is InChI=1S/C14H13N9O5/c1-7(16-18-14(24)12-13(15)19-28-23(12)27)11-8(2)21(20-17-11)9-3-5-10(6-4-9)22(25)26/h3-6H,1-2H3,(H2,15,19)(H,18,24). The normalized spacial score (nSPS) is 11.4. The average molecular weight is 387 g/mol. The number of nitro benzene ring substituents is 1. The number of hydrazone groups is 1. The molecular weight excluding hydrogens is 374 g/mol. The van der Waals surface area contributed by atoms with Crippen molar-refractivity contribution >= 4 is 23.1 Å². The number of nitro groups is 1. The first kappa shape index (κ1) is 18.4. The number of carbonyl (C=O) groups is 1. The summed E-state index contributed by atoms with van der Waals surface area (Å²) in [6, 6.07) is 5.75. The first-order valence-corrected chi connectivity index (χ1v) is 7.67. The molecule has 0 saturated heterocycles. The third-order valence-electron chi connectivity index (χ3n) is 3.72. The van der Waals surface area contributed by atoms with Crippen molar-refractivity contribution in [2.75, 3.05) is 5.73 Å². The molecule has 2 heterocycles. The molecule has 0 aliphatic carbocycles. The smallest absolute Gasteiger partial charge is 0.322 e. The van der Waals surface area contributed by atoms with E-state index in [-0.39, 0.29) is 16.4 Å². The molecule has 3 aromatic rings. The SMILES string of the molecule is CC(=NNC(=O)c1c(N)no[n+]1[O-])c1nnn(-c2ccc([N+](=O)[O-])cc2)c1C. The Hall–Kier alpha value is -4.36. The number of nitrogen functional groups attached to an aromatic ring is 1. The van der Waals surface area contributed by atoms with E-state index < -0.39 is 16.5 Å². The van der Waals surface area contributed by atoms with Gasteiger partial charge >= 0.3 is 17.4 Å². The number of rotatable bonds is 5. The number of benzene rings is 1. The first-order chi connectivity index (χ1) is 13.3. The van der Waals surface area contributed by atoms with Crippen LogP contribution < -0.4 is 16.1 Å². The zero-order chi connectivity index (χ0) is 20.4. The number of carbonyl (C=O) groups excluding carboxylic acids is 1. The van der Waals surface area contributed by atoms with E-state index in [9.17, 15) is 20.1 Å². The summed E-state index contributed by atoms with van der Waals surface area (Å²) in [5.74, 6) is -1.28. The van der Waals surface area contributed by atoms with Crippen LogP contribution in [-0.4, -0.2) is 36.7 Å². The largest absolute Gasteiger partial charge is 0.359 e. The van der Waals surface area contributed by atoms with Gasteiger partial charge in [0, 0.05) is 12.1 Å². The molecule has 28 heavy (non-hydrogen) atoms. The molecule has 1 amide bonds. The van der Waals surface area contributed by atoms with Crippen molar-refractivity contribution in [1.82, 2.24) is 25.6 Å². The highest BCUT2D eigenvalue weighted by molar-refractivity contribution is 6.00. The van der Waals surface area contributed by atoms with Crippen molar-refractivity contribution in [2.45, 2.75) is 13.8 Å². The van der Waals surface area contributed by atoms with Crippen LogP contribution >= 0.6 is 0 Å². The number of hydrogen-bond acceptors (Lipinski definition) is 10. The lowest BCUT2D eigenvalue weighted by Crippen LogP contribution is -2.36. The van der Waals surface area contributed by atoms with Crippen LogP contribution in [0.25, 0.3) is 5.69 Å². The van der Waals surface area contributed by atoms with Crippen molar-refractivity contribution in [3.63, 3.8) is 0 Å². The Kier molecular flexibility index (Phi) is 4.67. The molecule has 14 heteroatoms. The van der Waals surface area contributed by atoms with Crippen LogP contribution in [0.4, 0.5) is 11.5 Å². The Morgan fingerprint density at radius 1 is 1.39 bits per heavy atom. The second kappa shape index (κ2) is 7.10. The predicted octanol–water partition coefficient (Wildman–Crippen LogP) is -0.158. The zero-order valence-corrected chi connectivity index (χ0v) is 14.6. The highest BCUT2D eigenvalue weighted by Crippen LogP contribution is 2.17. The summed E-state index contributed by atoms with van der Waals surface area (Å²) in [7, 11) is 0. The van der Waals surface area contributed by atoms with E-state index in [1.807, 2.05) is 0 Å². The lowest BCUT2D eigenvalue weighted by atomic mass is 10.2. The van der Waals surface area contributed by atoms with Gasteiger partial charge in [-0.2, -0.15) is 5.10 Å². The average Bonchev–Trinajstić information content (AvgIpc) is 3.21. The minimum absolute atomic E-state index is 0.0502. The van der Waals surface area contributed by atoms with Crippen LogP contribution in [0, 0.1) is 22.2 Å². The monoisotopic (exact) mass is 387 g/mol. The van der Waals surface area contributed by atoms with Gasteiger partial charge in [0.1, 0.15) is 5.69 Å². The molecule has 2 aromatic heterocycles. The van der Waals surface area contributed by atoms with Gasteiger partial charge in [-0.1, -0.05) is 5.21 Å². The molecule has 0 radical (unpaired) electrons. The van der Waals surface area contributed by atoms with Crippen molar-refractivity contribution in [3.8, 4) is 5.69 Å². The fraction of sp³-hybridized carbons (Fsp3) is 0.143. The summed E-state index contributed by atoms with van der Waals surface area (Å²) in [4.78, 5) is 22.1. The molecule has 0 aliphatic rings. The second-order valence-electron chi connectivity index (χ2n) is 5.51. The van der Waals surface area contributed by atoms with Gasteiger partial charge in [0.2, 0.25) is 0 Å². The second-order valence-corrected chi connectivity index (χ2v) is 5.51. The van der Waals surface area contributed by atoms with Gasteiger partial charge in [0.15, 0.2) is 0 Å². The highest BCUT2D eigenvalue weighted by Gasteiger charge is 2.24. The van der Waals surface area contributed by atoms with E-state index in [0.29, 0.717) is 22.8 Å². The van der Waals surface area contributed by atoms with E-state index in [1.54, 1.807) is 13.8 Å². The number of nitrogens with zero attached hydrogens (tertiary/aromatic N) is 7. The van der Waals surface area contributed by atoms with Gasteiger partial charge in [0.05, 0.1) is 27.2 Å². The minimum atomic E-state index is -0.909. The van der Waals surface area contributed by atoms with Crippen LogP contribution in [0.2, 0.25) is 0 Å². The number of amides is 1. The van der Waals surface area contributed by atoms with Crippen molar-refractivity contribution < 1.29 is 19.2 Å². The number of anilines is 1.